The zero-order valence-corrected chi connectivity index (χ0v) is 12.6. The van der Waals surface area contributed by atoms with Crippen LogP contribution < -0.4 is 5.32 Å². The molecule has 1 aromatic heterocycles. The summed E-state index contributed by atoms with van der Waals surface area (Å²) < 4.78 is 27.5. The van der Waals surface area contributed by atoms with Gasteiger partial charge in [-0.15, -0.1) is 0 Å². The highest BCUT2D eigenvalue weighted by atomic mass is 32.1. The van der Waals surface area contributed by atoms with Crippen molar-refractivity contribution in [1.29, 1.82) is 0 Å². The minimum absolute atomic E-state index is 0.121. The van der Waals surface area contributed by atoms with Gasteiger partial charge in [-0.3, -0.25) is 0 Å². The molecule has 0 spiro atoms. The molecule has 108 valence electrons. The number of aryl methyl sites for hydroxylation is 1. The molecule has 0 saturated carbocycles. The Hall–Kier alpha value is -1.26. The van der Waals surface area contributed by atoms with E-state index in [1.165, 1.54) is 5.56 Å². The number of benzene rings is 1. The smallest absolute Gasteiger partial charge is 0.130 e. The lowest BCUT2D eigenvalue weighted by Gasteiger charge is -2.20. The van der Waals surface area contributed by atoms with Crippen LogP contribution in [-0.4, -0.2) is 6.54 Å². The van der Waals surface area contributed by atoms with Gasteiger partial charge in [0.15, 0.2) is 0 Å². The molecule has 1 atom stereocenters. The zero-order valence-electron chi connectivity index (χ0n) is 11.7. The number of thiophene rings is 1. The first-order chi connectivity index (χ1) is 9.61. The molecule has 1 unspecified atom stereocenters. The van der Waals surface area contributed by atoms with Gasteiger partial charge in [-0.05, 0) is 60.3 Å². The van der Waals surface area contributed by atoms with Gasteiger partial charge in [0, 0.05) is 17.7 Å². The van der Waals surface area contributed by atoms with Crippen LogP contribution in [0.3, 0.4) is 0 Å². The minimum atomic E-state index is -0.490. The van der Waals surface area contributed by atoms with E-state index in [2.05, 4.69) is 17.6 Å². The first-order valence-corrected chi connectivity index (χ1v) is 7.76. The fraction of sp³-hybridized carbons (Fsp3) is 0.375. The predicted octanol–water partition coefficient (Wildman–Crippen LogP) is 4.62. The van der Waals surface area contributed by atoms with Gasteiger partial charge in [0.05, 0.1) is 0 Å². The van der Waals surface area contributed by atoms with Crippen molar-refractivity contribution in [3.8, 4) is 0 Å². The highest BCUT2D eigenvalue weighted by Crippen LogP contribution is 2.25. The minimum Gasteiger partial charge on any atom is -0.310 e. The van der Waals surface area contributed by atoms with Gasteiger partial charge in [0.2, 0.25) is 0 Å². The van der Waals surface area contributed by atoms with Crippen LogP contribution in [0.25, 0.3) is 0 Å². The van der Waals surface area contributed by atoms with E-state index >= 15 is 0 Å². The molecule has 4 heteroatoms. The topological polar surface area (TPSA) is 12.0 Å². The third-order valence-electron chi connectivity index (χ3n) is 3.31. The summed E-state index contributed by atoms with van der Waals surface area (Å²) in [4.78, 5) is 0. The SMILES string of the molecule is CCCNC(Cc1ccsc1)c1cc(C)c(F)cc1F. The van der Waals surface area contributed by atoms with Gasteiger partial charge >= 0.3 is 0 Å². The van der Waals surface area contributed by atoms with Gasteiger partial charge in [-0.1, -0.05) is 6.92 Å². The van der Waals surface area contributed by atoms with Crippen molar-refractivity contribution < 1.29 is 8.78 Å². The van der Waals surface area contributed by atoms with Crippen molar-refractivity contribution >= 4 is 11.3 Å². The van der Waals surface area contributed by atoms with Crippen molar-refractivity contribution in [2.45, 2.75) is 32.7 Å². The second-order valence-corrected chi connectivity index (χ2v) is 5.75. The van der Waals surface area contributed by atoms with Crippen LogP contribution in [0.1, 0.15) is 36.1 Å². The molecule has 0 amide bonds. The second kappa shape index (κ2) is 6.95. The summed E-state index contributed by atoms with van der Waals surface area (Å²) in [5, 5.41) is 7.43. The van der Waals surface area contributed by atoms with Crippen LogP contribution in [0.4, 0.5) is 8.78 Å². The van der Waals surface area contributed by atoms with Crippen molar-refractivity contribution in [2.75, 3.05) is 6.54 Å². The van der Waals surface area contributed by atoms with Crippen LogP contribution in [-0.2, 0) is 6.42 Å². The number of nitrogens with one attached hydrogen (secondary N) is 1. The summed E-state index contributed by atoms with van der Waals surface area (Å²) in [6, 6.07) is 4.52. The quantitative estimate of drug-likeness (QED) is 0.820. The summed E-state index contributed by atoms with van der Waals surface area (Å²) in [7, 11) is 0. The Morgan fingerprint density at radius 3 is 2.70 bits per heavy atom. The number of rotatable bonds is 6. The van der Waals surface area contributed by atoms with Crippen molar-refractivity contribution in [1.82, 2.24) is 5.32 Å². The molecule has 2 aromatic rings. The maximum absolute atomic E-state index is 14.1. The summed E-state index contributed by atoms with van der Waals surface area (Å²) in [6.45, 7) is 4.55. The van der Waals surface area contributed by atoms with Crippen molar-refractivity contribution in [3.63, 3.8) is 0 Å². The highest BCUT2D eigenvalue weighted by Gasteiger charge is 2.18. The molecule has 1 nitrogen and oxygen atoms in total. The molecule has 0 aliphatic rings. The van der Waals surface area contributed by atoms with Crippen molar-refractivity contribution in [2.24, 2.45) is 0 Å². The Morgan fingerprint density at radius 2 is 2.05 bits per heavy atom. The Kier molecular flexibility index (Phi) is 5.26. The lowest BCUT2D eigenvalue weighted by Crippen LogP contribution is -2.25. The molecule has 0 aliphatic heterocycles. The standard InChI is InChI=1S/C16H19F2NS/c1-3-5-19-16(8-12-4-6-20-10-12)13-7-11(2)14(17)9-15(13)18/h4,6-7,9-10,16,19H,3,5,8H2,1-2H3. The molecule has 1 heterocycles. The van der Waals surface area contributed by atoms with Gasteiger partial charge in [-0.2, -0.15) is 11.3 Å². The Labute approximate surface area is 122 Å². The van der Waals surface area contributed by atoms with Crippen LogP contribution >= 0.6 is 11.3 Å². The molecule has 0 bridgehead atoms. The summed E-state index contributed by atoms with van der Waals surface area (Å²) in [6.07, 6.45) is 1.69. The third-order valence-corrected chi connectivity index (χ3v) is 4.05. The van der Waals surface area contributed by atoms with E-state index in [1.54, 1.807) is 24.3 Å². The van der Waals surface area contributed by atoms with Crippen LogP contribution in [0.2, 0.25) is 0 Å². The molecule has 0 aliphatic carbocycles. The predicted molar refractivity (Wildman–Crippen MR) is 80.2 cm³/mol. The average Bonchev–Trinajstić information content (AvgIpc) is 2.92. The number of halogens is 2. The van der Waals surface area contributed by atoms with E-state index in [0.717, 1.165) is 19.0 Å². The van der Waals surface area contributed by atoms with E-state index in [0.29, 0.717) is 17.5 Å². The third kappa shape index (κ3) is 3.64. The van der Waals surface area contributed by atoms with E-state index < -0.39 is 11.6 Å². The van der Waals surface area contributed by atoms with Crippen LogP contribution in [0, 0.1) is 18.6 Å². The van der Waals surface area contributed by atoms with Gasteiger partial charge in [0.25, 0.3) is 0 Å². The molecule has 0 saturated heterocycles. The lowest BCUT2D eigenvalue weighted by molar-refractivity contribution is 0.490. The lowest BCUT2D eigenvalue weighted by atomic mass is 9.98. The normalized spacial score (nSPS) is 12.6. The largest absolute Gasteiger partial charge is 0.310 e. The fourth-order valence-corrected chi connectivity index (χ4v) is 2.88. The fourth-order valence-electron chi connectivity index (χ4n) is 2.20. The van der Waals surface area contributed by atoms with Crippen molar-refractivity contribution in [3.05, 3.63) is 57.3 Å². The maximum Gasteiger partial charge on any atom is 0.130 e. The molecular weight excluding hydrogens is 276 g/mol. The first-order valence-electron chi connectivity index (χ1n) is 6.81. The van der Waals surface area contributed by atoms with Crippen LogP contribution in [0.5, 0.6) is 0 Å². The number of hydrogen-bond donors (Lipinski definition) is 1. The Balaban J connectivity index is 2.27. The van der Waals surface area contributed by atoms with Gasteiger partial charge in [0.1, 0.15) is 11.6 Å². The Morgan fingerprint density at radius 1 is 1.25 bits per heavy atom. The summed E-state index contributed by atoms with van der Waals surface area (Å²) in [5.74, 6) is -0.965. The molecular formula is C16H19F2NS. The van der Waals surface area contributed by atoms with Crippen LogP contribution in [0.15, 0.2) is 29.0 Å². The van der Waals surface area contributed by atoms with Gasteiger partial charge in [-0.25, -0.2) is 8.78 Å². The molecule has 1 aromatic carbocycles. The molecule has 2 rings (SSSR count). The highest BCUT2D eigenvalue weighted by molar-refractivity contribution is 7.07. The maximum atomic E-state index is 14.1. The second-order valence-electron chi connectivity index (χ2n) is 4.97. The Bertz CT molecular complexity index is 552. The molecule has 20 heavy (non-hydrogen) atoms. The molecule has 0 radical (unpaired) electrons. The monoisotopic (exact) mass is 295 g/mol. The zero-order chi connectivity index (χ0) is 14.5. The van der Waals surface area contributed by atoms with E-state index in [9.17, 15) is 8.78 Å². The van der Waals surface area contributed by atoms with E-state index in [-0.39, 0.29) is 6.04 Å². The number of hydrogen-bond acceptors (Lipinski definition) is 2. The molecule has 1 N–H and O–H groups in total. The molecule has 0 fully saturated rings. The van der Waals surface area contributed by atoms with Gasteiger partial charge < -0.3 is 5.32 Å². The average molecular weight is 295 g/mol. The first kappa shape index (κ1) is 15.1. The van der Waals surface area contributed by atoms with E-state index in [1.807, 2.05) is 11.4 Å². The van der Waals surface area contributed by atoms with E-state index in [4.69, 9.17) is 0 Å². The summed E-state index contributed by atoms with van der Waals surface area (Å²) in [5.41, 5.74) is 2.20. The summed E-state index contributed by atoms with van der Waals surface area (Å²) >= 11 is 1.63.